The van der Waals surface area contributed by atoms with Gasteiger partial charge >= 0.3 is 0 Å². The molecule has 1 aliphatic carbocycles. The average Bonchev–Trinajstić information content (AvgIpc) is 3.08. The van der Waals surface area contributed by atoms with Crippen LogP contribution < -0.4 is 5.32 Å². The summed E-state index contributed by atoms with van der Waals surface area (Å²) in [4.78, 5) is 11.7. The Morgan fingerprint density at radius 2 is 2.00 bits per heavy atom. The Balaban J connectivity index is 1.72. The van der Waals surface area contributed by atoms with E-state index in [0.717, 1.165) is 23.9 Å². The Bertz CT molecular complexity index is 382. The number of nitrogens with one attached hydrogen (secondary N) is 1. The van der Waals surface area contributed by atoms with Crippen LogP contribution in [0.4, 0.5) is 0 Å². The number of rotatable bonds is 5. The molecule has 0 radical (unpaired) electrons. The number of hydrogen-bond acceptors (Lipinski definition) is 1. The first-order chi connectivity index (χ1) is 8.19. The molecule has 92 valence electrons. The van der Waals surface area contributed by atoms with Gasteiger partial charge in [0.25, 0.3) is 0 Å². The van der Waals surface area contributed by atoms with E-state index in [1.807, 2.05) is 12.1 Å². The van der Waals surface area contributed by atoms with Gasteiger partial charge in [-0.05, 0) is 30.7 Å². The van der Waals surface area contributed by atoms with E-state index in [1.54, 1.807) is 0 Å². The molecule has 0 saturated heterocycles. The number of benzene rings is 1. The van der Waals surface area contributed by atoms with Crippen LogP contribution in [0.2, 0.25) is 0 Å². The van der Waals surface area contributed by atoms with Crippen LogP contribution >= 0.6 is 0 Å². The Morgan fingerprint density at radius 3 is 2.59 bits per heavy atom. The predicted octanol–water partition coefficient (Wildman–Crippen LogP) is 2.70. The fourth-order valence-corrected chi connectivity index (χ4v) is 2.26. The van der Waals surface area contributed by atoms with E-state index in [4.69, 9.17) is 0 Å². The molecule has 0 aromatic heterocycles. The zero-order valence-electron chi connectivity index (χ0n) is 10.7. The highest BCUT2D eigenvalue weighted by molar-refractivity contribution is 5.78. The monoisotopic (exact) mass is 231 g/mol. The minimum atomic E-state index is 0.149. The number of amides is 1. The molecule has 2 rings (SSSR count). The molecule has 1 N–H and O–H groups in total. The van der Waals surface area contributed by atoms with Crippen molar-refractivity contribution in [1.29, 1.82) is 0 Å². The van der Waals surface area contributed by atoms with Crippen molar-refractivity contribution in [2.24, 2.45) is 11.8 Å². The highest BCUT2D eigenvalue weighted by Gasteiger charge is 2.34. The molecule has 0 spiro atoms. The lowest BCUT2D eigenvalue weighted by Gasteiger charge is -2.05. The first kappa shape index (κ1) is 12.2. The van der Waals surface area contributed by atoms with Crippen LogP contribution in [0, 0.1) is 18.8 Å². The van der Waals surface area contributed by atoms with Crippen molar-refractivity contribution in [1.82, 2.24) is 5.32 Å². The van der Waals surface area contributed by atoms with Gasteiger partial charge in [0, 0.05) is 6.54 Å². The Hall–Kier alpha value is -1.31. The molecule has 2 unspecified atom stereocenters. The third-order valence-corrected chi connectivity index (χ3v) is 3.64. The number of carbonyl (C=O) groups is 1. The van der Waals surface area contributed by atoms with Gasteiger partial charge in [0.2, 0.25) is 5.91 Å². The number of aryl methyl sites for hydroxylation is 1. The van der Waals surface area contributed by atoms with Crippen LogP contribution in [0.3, 0.4) is 0 Å². The molecule has 0 bridgehead atoms. The first-order valence-electron chi connectivity index (χ1n) is 6.51. The molecule has 1 aromatic carbocycles. The molecular formula is C15H21NO. The molecule has 1 aliphatic rings. The van der Waals surface area contributed by atoms with Crippen molar-refractivity contribution < 1.29 is 4.79 Å². The summed E-state index contributed by atoms with van der Waals surface area (Å²) >= 11 is 0. The molecule has 1 amide bonds. The van der Waals surface area contributed by atoms with Gasteiger partial charge < -0.3 is 5.32 Å². The number of carbonyl (C=O) groups excluding carboxylic acids is 1. The summed E-state index contributed by atoms with van der Waals surface area (Å²) in [7, 11) is 0. The molecule has 0 aliphatic heterocycles. The molecule has 1 aromatic rings. The predicted molar refractivity (Wildman–Crippen MR) is 69.8 cm³/mol. The van der Waals surface area contributed by atoms with E-state index < -0.39 is 0 Å². The maximum Gasteiger partial charge on any atom is 0.224 e. The molecule has 2 nitrogen and oxygen atoms in total. The highest BCUT2D eigenvalue weighted by Crippen LogP contribution is 2.40. The van der Waals surface area contributed by atoms with E-state index in [1.165, 1.54) is 18.4 Å². The minimum absolute atomic E-state index is 0.149. The van der Waals surface area contributed by atoms with Crippen LogP contribution in [0.25, 0.3) is 0 Å². The second-order valence-electron chi connectivity index (χ2n) is 5.13. The van der Waals surface area contributed by atoms with Crippen LogP contribution in [0.15, 0.2) is 24.3 Å². The standard InChI is InChI=1S/C15H21NO/c1-3-13-9-14(13)10-16-15(17)8-12-6-4-11(2)5-7-12/h4-7,13-14H,3,8-10H2,1-2H3,(H,16,17). The third-order valence-electron chi connectivity index (χ3n) is 3.64. The average molecular weight is 231 g/mol. The van der Waals surface area contributed by atoms with Crippen molar-refractivity contribution in [2.75, 3.05) is 6.54 Å². The maximum atomic E-state index is 11.7. The van der Waals surface area contributed by atoms with Gasteiger partial charge in [-0.15, -0.1) is 0 Å². The van der Waals surface area contributed by atoms with E-state index in [2.05, 4.69) is 31.3 Å². The molecule has 1 saturated carbocycles. The van der Waals surface area contributed by atoms with Crippen molar-refractivity contribution in [2.45, 2.75) is 33.1 Å². The van der Waals surface area contributed by atoms with Crippen molar-refractivity contribution in [3.05, 3.63) is 35.4 Å². The molecular weight excluding hydrogens is 210 g/mol. The van der Waals surface area contributed by atoms with Gasteiger partial charge in [0.15, 0.2) is 0 Å². The fraction of sp³-hybridized carbons (Fsp3) is 0.533. The number of hydrogen-bond donors (Lipinski definition) is 1. The van der Waals surface area contributed by atoms with Crippen LogP contribution in [-0.2, 0) is 11.2 Å². The molecule has 2 atom stereocenters. The summed E-state index contributed by atoms with van der Waals surface area (Å²) in [5.41, 5.74) is 2.33. The Morgan fingerprint density at radius 1 is 1.29 bits per heavy atom. The van der Waals surface area contributed by atoms with E-state index >= 15 is 0 Å². The van der Waals surface area contributed by atoms with Gasteiger partial charge in [-0.3, -0.25) is 4.79 Å². The van der Waals surface area contributed by atoms with Gasteiger partial charge in [0.1, 0.15) is 0 Å². The van der Waals surface area contributed by atoms with Gasteiger partial charge in [-0.1, -0.05) is 43.2 Å². The van der Waals surface area contributed by atoms with Crippen LogP contribution in [0.1, 0.15) is 30.9 Å². The first-order valence-corrected chi connectivity index (χ1v) is 6.51. The lowest BCUT2D eigenvalue weighted by Crippen LogP contribution is -2.27. The van der Waals surface area contributed by atoms with Crippen LogP contribution in [0.5, 0.6) is 0 Å². The topological polar surface area (TPSA) is 29.1 Å². The Labute approximate surface area is 103 Å². The van der Waals surface area contributed by atoms with Crippen LogP contribution in [-0.4, -0.2) is 12.5 Å². The maximum absolute atomic E-state index is 11.7. The van der Waals surface area contributed by atoms with Crippen molar-refractivity contribution >= 4 is 5.91 Å². The van der Waals surface area contributed by atoms with Gasteiger partial charge in [-0.25, -0.2) is 0 Å². The summed E-state index contributed by atoms with van der Waals surface area (Å²) in [5, 5.41) is 3.03. The lowest BCUT2D eigenvalue weighted by molar-refractivity contribution is -0.120. The minimum Gasteiger partial charge on any atom is -0.356 e. The van der Waals surface area contributed by atoms with E-state index in [9.17, 15) is 4.79 Å². The SMILES string of the molecule is CCC1CC1CNC(=O)Cc1ccc(C)cc1. The zero-order chi connectivity index (χ0) is 12.3. The second kappa shape index (κ2) is 5.35. The summed E-state index contributed by atoms with van der Waals surface area (Å²) in [6.07, 6.45) is 3.05. The highest BCUT2D eigenvalue weighted by atomic mass is 16.1. The van der Waals surface area contributed by atoms with E-state index in [0.29, 0.717) is 6.42 Å². The lowest BCUT2D eigenvalue weighted by atomic mass is 10.1. The fourth-order valence-electron chi connectivity index (χ4n) is 2.26. The summed E-state index contributed by atoms with van der Waals surface area (Å²) < 4.78 is 0. The van der Waals surface area contributed by atoms with Crippen molar-refractivity contribution in [3.63, 3.8) is 0 Å². The zero-order valence-corrected chi connectivity index (χ0v) is 10.7. The largest absolute Gasteiger partial charge is 0.356 e. The van der Waals surface area contributed by atoms with Gasteiger partial charge in [0.05, 0.1) is 6.42 Å². The van der Waals surface area contributed by atoms with Crippen molar-refractivity contribution in [3.8, 4) is 0 Å². The summed E-state index contributed by atoms with van der Waals surface area (Å²) in [5.74, 6) is 1.74. The summed E-state index contributed by atoms with van der Waals surface area (Å²) in [6, 6.07) is 8.16. The normalized spacial score (nSPS) is 22.2. The summed E-state index contributed by atoms with van der Waals surface area (Å²) in [6.45, 7) is 5.14. The Kier molecular flexibility index (Phi) is 3.82. The van der Waals surface area contributed by atoms with Gasteiger partial charge in [-0.2, -0.15) is 0 Å². The molecule has 0 heterocycles. The quantitative estimate of drug-likeness (QED) is 0.829. The van der Waals surface area contributed by atoms with E-state index in [-0.39, 0.29) is 5.91 Å². The third kappa shape index (κ3) is 3.58. The molecule has 1 fully saturated rings. The smallest absolute Gasteiger partial charge is 0.224 e. The second-order valence-corrected chi connectivity index (χ2v) is 5.13. The molecule has 2 heteroatoms. The molecule has 17 heavy (non-hydrogen) atoms.